The van der Waals surface area contributed by atoms with Gasteiger partial charge in [0.2, 0.25) is 6.79 Å². The van der Waals surface area contributed by atoms with Crippen molar-refractivity contribution in [1.82, 2.24) is 0 Å². The monoisotopic (exact) mass is 264 g/mol. The Labute approximate surface area is 108 Å². The van der Waals surface area contributed by atoms with Crippen LogP contribution >= 0.6 is 0 Å². The number of carboxylic acid groups (broad SMARTS) is 2. The molecular formula is C12H24O6. The van der Waals surface area contributed by atoms with Crippen LogP contribution in [0.2, 0.25) is 0 Å². The molecule has 0 atom stereocenters. The Morgan fingerprint density at radius 2 is 1.11 bits per heavy atom. The van der Waals surface area contributed by atoms with Crippen molar-refractivity contribution in [3.05, 3.63) is 0 Å². The third-order valence-electron chi connectivity index (χ3n) is 2.07. The molecular weight excluding hydrogens is 240 g/mol. The molecule has 2 N–H and O–H groups in total. The Bertz CT molecular complexity index is 185. The van der Waals surface area contributed by atoms with E-state index in [1.807, 2.05) is 0 Å². The summed E-state index contributed by atoms with van der Waals surface area (Å²) in [6, 6.07) is 0. The van der Waals surface area contributed by atoms with Gasteiger partial charge in [0.05, 0.1) is 0 Å². The third-order valence-corrected chi connectivity index (χ3v) is 2.07. The molecule has 0 aromatic carbocycles. The Balaban J connectivity index is 0. The number of carbonyl (C=O) groups is 2. The van der Waals surface area contributed by atoms with E-state index in [1.54, 1.807) is 0 Å². The first kappa shape index (κ1) is 18.9. The van der Waals surface area contributed by atoms with Crippen LogP contribution in [0.5, 0.6) is 0 Å². The zero-order valence-electron chi connectivity index (χ0n) is 11.2. The number of rotatable bonds is 8. The molecule has 18 heavy (non-hydrogen) atoms. The van der Waals surface area contributed by atoms with Gasteiger partial charge in [0, 0.05) is 0 Å². The second-order valence-electron chi connectivity index (χ2n) is 3.71. The molecule has 0 saturated carbocycles. The fourth-order valence-electron chi connectivity index (χ4n) is 1.16. The first-order chi connectivity index (χ1) is 8.54. The molecule has 0 bridgehead atoms. The summed E-state index contributed by atoms with van der Waals surface area (Å²) in [4.78, 5) is 19.0. The van der Waals surface area contributed by atoms with E-state index in [0.29, 0.717) is 0 Å². The maximum absolute atomic E-state index is 9.49. The molecule has 0 unspecified atom stereocenters. The van der Waals surface area contributed by atoms with Crippen molar-refractivity contribution in [2.75, 3.05) is 6.79 Å². The topological polar surface area (TPSA) is 93.1 Å². The summed E-state index contributed by atoms with van der Waals surface area (Å²) in [7, 11) is 0. The molecule has 6 heteroatoms. The Morgan fingerprint density at radius 3 is 1.39 bits per heavy atom. The van der Waals surface area contributed by atoms with E-state index >= 15 is 0 Å². The summed E-state index contributed by atoms with van der Waals surface area (Å²) in [5.74, 6) is 0. The molecule has 0 spiro atoms. The molecule has 6 nitrogen and oxygen atoms in total. The van der Waals surface area contributed by atoms with Crippen molar-refractivity contribution in [3.8, 4) is 0 Å². The molecule has 0 aliphatic carbocycles. The average molecular weight is 264 g/mol. The van der Waals surface area contributed by atoms with Crippen molar-refractivity contribution in [2.24, 2.45) is 0 Å². The fourth-order valence-corrected chi connectivity index (χ4v) is 1.16. The maximum Gasteiger partial charge on any atom is 0.508 e. The summed E-state index contributed by atoms with van der Waals surface area (Å²) >= 11 is 0. The second kappa shape index (κ2) is 15.5. The summed E-state index contributed by atoms with van der Waals surface area (Å²) in [6.45, 7) is 3.74. The van der Waals surface area contributed by atoms with Crippen LogP contribution in [0, 0.1) is 0 Å². The lowest BCUT2D eigenvalue weighted by atomic mass is 10.1. The van der Waals surface area contributed by atoms with Gasteiger partial charge >= 0.3 is 12.3 Å². The smallest absolute Gasteiger partial charge is 0.450 e. The van der Waals surface area contributed by atoms with Crippen LogP contribution in [0.1, 0.15) is 58.8 Å². The number of hydrogen-bond acceptors (Lipinski definition) is 4. The van der Waals surface area contributed by atoms with Gasteiger partial charge in [0.1, 0.15) is 0 Å². The van der Waals surface area contributed by atoms with Crippen molar-refractivity contribution >= 4 is 12.3 Å². The molecule has 0 rings (SSSR count). The average Bonchev–Trinajstić information content (AvgIpc) is 2.29. The molecule has 0 aromatic heterocycles. The van der Waals surface area contributed by atoms with Gasteiger partial charge in [-0.25, -0.2) is 9.59 Å². The van der Waals surface area contributed by atoms with E-state index in [2.05, 4.69) is 23.3 Å². The van der Waals surface area contributed by atoms with Crippen LogP contribution in [0.4, 0.5) is 9.59 Å². The van der Waals surface area contributed by atoms with Crippen molar-refractivity contribution < 1.29 is 29.3 Å². The Morgan fingerprint density at radius 1 is 0.778 bits per heavy atom. The number of hydrogen-bond donors (Lipinski definition) is 2. The number of ether oxygens (including phenoxy) is 2. The van der Waals surface area contributed by atoms with Crippen LogP contribution in [-0.2, 0) is 9.47 Å². The highest BCUT2D eigenvalue weighted by atomic mass is 16.8. The van der Waals surface area contributed by atoms with Crippen LogP contribution in [0.15, 0.2) is 0 Å². The van der Waals surface area contributed by atoms with Gasteiger partial charge in [-0.3, -0.25) is 0 Å². The minimum atomic E-state index is -1.57. The fraction of sp³-hybridized carbons (Fsp3) is 0.833. The van der Waals surface area contributed by atoms with Crippen LogP contribution < -0.4 is 0 Å². The van der Waals surface area contributed by atoms with Gasteiger partial charge in [-0.1, -0.05) is 58.8 Å². The molecule has 0 aliphatic heterocycles. The molecule has 0 fully saturated rings. The van der Waals surface area contributed by atoms with Gasteiger partial charge in [0.25, 0.3) is 0 Å². The van der Waals surface area contributed by atoms with E-state index in [-0.39, 0.29) is 0 Å². The lowest BCUT2D eigenvalue weighted by Gasteiger charge is -1.96. The van der Waals surface area contributed by atoms with Gasteiger partial charge in [-0.05, 0) is 0 Å². The lowest BCUT2D eigenvalue weighted by molar-refractivity contribution is -0.0167. The zero-order chi connectivity index (χ0) is 14.2. The van der Waals surface area contributed by atoms with E-state index in [4.69, 9.17) is 10.2 Å². The van der Waals surface area contributed by atoms with E-state index in [0.717, 1.165) is 0 Å². The predicted molar refractivity (Wildman–Crippen MR) is 66.8 cm³/mol. The Hall–Kier alpha value is -1.46. The molecule has 0 aromatic rings. The first-order valence-electron chi connectivity index (χ1n) is 6.26. The van der Waals surface area contributed by atoms with Gasteiger partial charge in [0.15, 0.2) is 0 Å². The number of unbranched alkanes of at least 4 members (excludes halogenated alkanes) is 6. The van der Waals surface area contributed by atoms with Gasteiger partial charge in [-0.2, -0.15) is 0 Å². The van der Waals surface area contributed by atoms with E-state index in [9.17, 15) is 9.59 Å². The summed E-state index contributed by atoms with van der Waals surface area (Å²) in [6.07, 6.45) is 6.83. The maximum atomic E-state index is 9.49. The van der Waals surface area contributed by atoms with Crippen LogP contribution in [-0.4, -0.2) is 29.3 Å². The van der Waals surface area contributed by atoms with Gasteiger partial charge in [-0.15, -0.1) is 0 Å². The largest absolute Gasteiger partial charge is 0.508 e. The quantitative estimate of drug-likeness (QED) is 0.389. The minimum Gasteiger partial charge on any atom is -0.450 e. The van der Waals surface area contributed by atoms with Crippen molar-refractivity contribution in [1.29, 1.82) is 0 Å². The van der Waals surface area contributed by atoms with Gasteiger partial charge < -0.3 is 19.7 Å². The van der Waals surface area contributed by atoms with E-state index < -0.39 is 19.1 Å². The summed E-state index contributed by atoms with van der Waals surface area (Å²) in [5, 5.41) is 15.5. The molecule has 0 amide bonds. The standard InChI is InChI=1S/C9H20.C3H4O6/c1-3-5-7-9-8-6-4-2;4-2(5)8-1-9-3(6)7/h3-9H2,1-2H3;1H2,(H,4,5)(H,6,7). The third kappa shape index (κ3) is 24.0. The molecule has 0 saturated heterocycles. The second-order valence-corrected chi connectivity index (χ2v) is 3.71. The molecule has 108 valence electrons. The van der Waals surface area contributed by atoms with Crippen LogP contribution in [0.3, 0.4) is 0 Å². The van der Waals surface area contributed by atoms with Crippen molar-refractivity contribution in [3.63, 3.8) is 0 Å². The highest BCUT2D eigenvalue weighted by Gasteiger charge is 1.98. The first-order valence-corrected chi connectivity index (χ1v) is 6.26. The summed E-state index contributed by atoms with van der Waals surface area (Å²) < 4.78 is 7.33. The molecule has 0 aliphatic rings. The highest BCUT2D eigenvalue weighted by Crippen LogP contribution is 2.05. The van der Waals surface area contributed by atoms with Crippen LogP contribution in [0.25, 0.3) is 0 Å². The SMILES string of the molecule is CCCCCCCCC.O=C(O)OCOC(=O)O. The van der Waals surface area contributed by atoms with Crippen molar-refractivity contribution in [2.45, 2.75) is 58.8 Å². The molecule has 0 radical (unpaired) electrons. The highest BCUT2D eigenvalue weighted by molar-refractivity contribution is 5.58. The van der Waals surface area contributed by atoms with E-state index in [1.165, 1.54) is 44.9 Å². The lowest BCUT2D eigenvalue weighted by Crippen LogP contribution is -2.08. The Kier molecular flexibility index (Phi) is 16.3. The zero-order valence-corrected chi connectivity index (χ0v) is 11.2. The summed E-state index contributed by atoms with van der Waals surface area (Å²) in [5.41, 5.74) is 0. The minimum absolute atomic E-state index is 0.787. The predicted octanol–water partition coefficient (Wildman–Crippen LogP) is 4.09. The molecule has 0 heterocycles. The normalized spacial score (nSPS) is 9.00.